The average molecular weight is 241 g/mol. The Labute approximate surface area is 100 Å². The normalized spacial score (nSPS) is 21.8. The number of nitrogens with zero attached hydrogens (tertiary/aromatic N) is 2. The SMILES string of the molecule is CC(C)CN=C(NN)N1CC(=O)NC(=O)C1C. The molecule has 0 saturated carbocycles. The largest absolute Gasteiger partial charge is 0.321 e. The highest BCUT2D eigenvalue weighted by molar-refractivity contribution is 6.04. The summed E-state index contributed by atoms with van der Waals surface area (Å²) in [5, 5.41) is 2.26. The summed E-state index contributed by atoms with van der Waals surface area (Å²) in [6.07, 6.45) is 0. The van der Waals surface area contributed by atoms with Gasteiger partial charge in [-0.15, -0.1) is 0 Å². The number of rotatable bonds is 2. The lowest BCUT2D eigenvalue weighted by Gasteiger charge is -2.33. The van der Waals surface area contributed by atoms with Crippen molar-refractivity contribution in [1.82, 2.24) is 15.6 Å². The lowest BCUT2D eigenvalue weighted by molar-refractivity contribution is -0.137. The first-order valence-electron chi connectivity index (χ1n) is 5.57. The zero-order valence-electron chi connectivity index (χ0n) is 10.4. The summed E-state index contributed by atoms with van der Waals surface area (Å²) in [6, 6.07) is -0.463. The molecule has 1 atom stereocenters. The summed E-state index contributed by atoms with van der Waals surface area (Å²) in [5.41, 5.74) is 2.44. The Bertz CT molecular complexity index is 340. The van der Waals surface area contributed by atoms with Crippen molar-refractivity contribution in [3.8, 4) is 0 Å². The van der Waals surface area contributed by atoms with Crippen LogP contribution < -0.4 is 16.6 Å². The van der Waals surface area contributed by atoms with Gasteiger partial charge in [0.1, 0.15) is 12.6 Å². The van der Waals surface area contributed by atoms with Gasteiger partial charge in [0, 0.05) is 6.54 Å². The van der Waals surface area contributed by atoms with Crippen molar-refractivity contribution in [3.05, 3.63) is 0 Å². The topological polar surface area (TPSA) is 99.8 Å². The fraction of sp³-hybridized carbons (Fsp3) is 0.700. The van der Waals surface area contributed by atoms with Crippen LogP contribution in [0.25, 0.3) is 0 Å². The minimum absolute atomic E-state index is 0.0774. The van der Waals surface area contributed by atoms with Crippen LogP contribution in [0.5, 0.6) is 0 Å². The van der Waals surface area contributed by atoms with E-state index in [0.717, 1.165) is 0 Å². The minimum atomic E-state index is -0.463. The lowest BCUT2D eigenvalue weighted by atomic mass is 10.2. The Hall–Kier alpha value is -1.63. The lowest BCUT2D eigenvalue weighted by Crippen LogP contribution is -2.61. The zero-order valence-corrected chi connectivity index (χ0v) is 10.4. The number of amides is 2. The van der Waals surface area contributed by atoms with Crippen LogP contribution in [0.2, 0.25) is 0 Å². The van der Waals surface area contributed by atoms with E-state index in [0.29, 0.717) is 18.4 Å². The Balaban J connectivity index is 2.82. The minimum Gasteiger partial charge on any atom is -0.321 e. The molecule has 96 valence electrons. The van der Waals surface area contributed by atoms with E-state index < -0.39 is 6.04 Å². The number of hydrogen-bond donors (Lipinski definition) is 3. The van der Waals surface area contributed by atoms with Gasteiger partial charge in [-0.1, -0.05) is 13.8 Å². The van der Waals surface area contributed by atoms with E-state index >= 15 is 0 Å². The predicted octanol–water partition coefficient (Wildman–Crippen LogP) is -1.19. The summed E-state index contributed by atoms with van der Waals surface area (Å²) in [6.45, 7) is 6.40. The van der Waals surface area contributed by atoms with E-state index in [9.17, 15) is 9.59 Å². The van der Waals surface area contributed by atoms with Gasteiger partial charge >= 0.3 is 0 Å². The molecule has 1 heterocycles. The van der Waals surface area contributed by atoms with Crippen molar-refractivity contribution >= 4 is 17.8 Å². The van der Waals surface area contributed by atoms with Gasteiger partial charge in [-0.3, -0.25) is 25.3 Å². The molecule has 2 amide bonds. The van der Waals surface area contributed by atoms with Gasteiger partial charge in [0.05, 0.1) is 0 Å². The molecule has 1 rings (SSSR count). The molecule has 0 aromatic heterocycles. The molecule has 7 heteroatoms. The van der Waals surface area contributed by atoms with Gasteiger partial charge in [0.2, 0.25) is 17.8 Å². The number of carbonyl (C=O) groups excluding carboxylic acids is 2. The van der Waals surface area contributed by atoms with Gasteiger partial charge in [-0.25, -0.2) is 5.84 Å². The molecule has 1 fully saturated rings. The highest BCUT2D eigenvalue weighted by Gasteiger charge is 2.32. The fourth-order valence-corrected chi connectivity index (χ4v) is 1.46. The molecule has 0 aliphatic carbocycles. The first-order chi connectivity index (χ1) is 7.95. The van der Waals surface area contributed by atoms with E-state index in [1.165, 1.54) is 0 Å². The van der Waals surface area contributed by atoms with Crippen LogP contribution in [0, 0.1) is 5.92 Å². The Morgan fingerprint density at radius 1 is 1.65 bits per heavy atom. The number of imide groups is 1. The molecule has 1 aliphatic heterocycles. The second kappa shape index (κ2) is 5.62. The van der Waals surface area contributed by atoms with Crippen molar-refractivity contribution < 1.29 is 9.59 Å². The second-order valence-corrected chi connectivity index (χ2v) is 4.42. The molecule has 4 N–H and O–H groups in total. The van der Waals surface area contributed by atoms with Crippen LogP contribution in [0.1, 0.15) is 20.8 Å². The number of hydrogen-bond acceptors (Lipinski definition) is 4. The first kappa shape index (κ1) is 13.4. The predicted molar refractivity (Wildman–Crippen MR) is 63.8 cm³/mol. The van der Waals surface area contributed by atoms with Crippen molar-refractivity contribution in [2.75, 3.05) is 13.1 Å². The number of carbonyl (C=O) groups is 2. The van der Waals surface area contributed by atoms with Crippen molar-refractivity contribution in [2.45, 2.75) is 26.8 Å². The maximum atomic E-state index is 11.5. The molecule has 1 unspecified atom stereocenters. The quantitative estimate of drug-likeness (QED) is 0.185. The molecule has 0 spiro atoms. The van der Waals surface area contributed by atoms with E-state index in [-0.39, 0.29) is 18.4 Å². The smallest absolute Gasteiger partial charge is 0.249 e. The molecular formula is C10H19N5O2. The number of nitrogens with two attached hydrogens (primary N) is 1. The van der Waals surface area contributed by atoms with Gasteiger partial charge < -0.3 is 4.90 Å². The van der Waals surface area contributed by atoms with Crippen LogP contribution in [-0.4, -0.2) is 41.8 Å². The third kappa shape index (κ3) is 3.42. The molecule has 1 aliphatic rings. The third-order valence-corrected chi connectivity index (χ3v) is 2.43. The molecule has 7 nitrogen and oxygen atoms in total. The Kier molecular flexibility index (Phi) is 4.45. The highest BCUT2D eigenvalue weighted by atomic mass is 16.2. The van der Waals surface area contributed by atoms with E-state index in [2.05, 4.69) is 15.7 Å². The molecule has 0 radical (unpaired) electrons. The summed E-state index contributed by atoms with van der Waals surface area (Å²) >= 11 is 0. The van der Waals surface area contributed by atoms with Crippen molar-refractivity contribution in [1.29, 1.82) is 0 Å². The maximum Gasteiger partial charge on any atom is 0.249 e. The first-order valence-corrected chi connectivity index (χ1v) is 5.57. The van der Waals surface area contributed by atoms with Crippen LogP contribution in [0.3, 0.4) is 0 Å². The van der Waals surface area contributed by atoms with Gasteiger partial charge in [-0.05, 0) is 12.8 Å². The monoisotopic (exact) mass is 241 g/mol. The van der Waals surface area contributed by atoms with E-state index in [1.54, 1.807) is 11.8 Å². The molecule has 0 aromatic carbocycles. The summed E-state index contributed by atoms with van der Waals surface area (Å²) in [7, 11) is 0. The molecule has 1 saturated heterocycles. The van der Waals surface area contributed by atoms with Gasteiger partial charge in [0.15, 0.2) is 0 Å². The summed E-state index contributed by atoms with van der Waals surface area (Å²) < 4.78 is 0. The standard InChI is InChI=1S/C10H19N5O2/c1-6(2)4-12-10(14-11)15-5-8(16)13-9(17)7(15)3/h6-7H,4-5,11H2,1-3H3,(H,12,14)(H,13,16,17). The third-order valence-electron chi connectivity index (χ3n) is 2.43. The molecule has 17 heavy (non-hydrogen) atoms. The number of piperazine rings is 1. The molecular weight excluding hydrogens is 222 g/mol. The number of hydrazine groups is 1. The van der Waals surface area contributed by atoms with Crippen LogP contribution >= 0.6 is 0 Å². The van der Waals surface area contributed by atoms with Gasteiger partial charge in [-0.2, -0.15) is 0 Å². The van der Waals surface area contributed by atoms with Gasteiger partial charge in [0.25, 0.3) is 0 Å². The van der Waals surface area contributed by atoms with Crippen molar-refractivity contribution in [2.24, 2.45) is 16.8 Å². The average Bonchev–Trinajstić information content (AvgIpc) is 2.25. The Morgan fingerprint density at radius 2 is 2.29 bits per heavy atom. The molecule has 0 aromatic rings. The Morgan fingerprint density at radius 3 is 2.82 bits per heavy atom. The highest BCUT2D eigenvalue weighted by Crippen LogP contribution is 2.05. The summed E-state index contributed by atoms with van der Waals surface area (Å²) in [5.74, 6) is 5.44. The van der Waals surface area contributed by atoms with Crippen LogP contribution in [-0.2, 0) is 9.59 Å². The fourth-order valence-electron chi connectivity index (χ4n) is 1.46. The number of nitrogens with one attached hydrogen (secondary N) is 2. The van der Waals surface area contributed by atoms with E-state index in [1.807, 2.05) is 13.8 Å². The zero-order chi connectivity index (χ0) is 13.0. The number of guanidine groups is 1. The van der Waals surface area contributed by atoms with Crippen LogP contribution in [0.4, 0.5) is 0 Å². The molecule has 0 bridgehead atoms. The summed E-state index contributed by atoms with van der Waals surface area (Å²) in [4.78, 5) is 28.6. The second-order valence-electron chi connectivity index (χ2n) is 4.42. The van der Waals surface area contributed by atoms with Crippen LogP contribution in [0.15, 0.2) is 4.99 Å². The maximum absolute atomic E-state index is 11.5. The number of aliphatic imine (C=N–C) groups is 1. The van der Waals surface area contributed by atoms with E-state index in [4.69, 9.17) is 5.84 Å². The van der Waals surface area contributed by atoms with Crippen molar-refractivity contribution in [3.63, 3.8) is 0 Å².